The minimum Gasteiger partial charge on any atom is -0.478 e. The van der Waals surface area contributed by atoms with Crippen molar-refractivity contribution in [2.75, 3.05) is 6.61 Å². The van der Waals surface area contributed by atoms with Crippen LogP contribution in [0.25, 0.3) is 33.0 Å². The Morgan fingerprint density at radius 2 is 1.38 bits per heavy atom. The van der Waals surface area contributed by atoms with Crippen LogP contribution in [0.15, 0.2) is 54.6 Å². The van der Waals surface area contributed by atoms with Gasteiger partial charge in [-0.3, -0.25) is 0 Å². The van der Waals surface area contributed by atoms with Crippen molar-refractivity contribution in [1.29, 1.82) is 0 Å². The van der Waals surface area contributed by atoms with Gasteiger partial charge in [0.2, 0.25) is 0 Å². The highest BCUT2D eigenvalue weighted by Crippen LogP contribution is 2.37. The van der Waals surface area contributed by atoms with Crippen LogP contribution in [0.1, 0.15) is 44.6 Å². The normalized spacial score (nSPS) is 11.8. The van der Waals surface area contributed by atoms with E-state index in [1.54, 1.807) is 6.07 Å². The molecule has 0 unspecified atom stereocenters. The average molecular weight is 567 g/mol. The van der Waals surface area contributed by atoms with Crippen LogP contribution >= 0.6 is 0 Å². The Balaban J connectivity index is 1.60. The summed E-state index contributed by atoms with van der Waals surface area (Å²) in [6, 6.07) is 10.5. The van der Waals surface area contributed by atoms with Gasteiger partial charge < -0.3 is 4.74 Å². The van der Waals surface area contributed by atoms with Crippen LogP contribution in [0.3, 0.4) is 0 Å². The zero-order valence-electron chi connectivity index (χ0n) is 21.6. The second-order valence-corrected chi connectivity index (χ2v) is 9.63. The smallest absolute Gasteiger partial charge is 0.422 e. The molecule has 0 fully saturated rings. The molecular weight excluding hydrogens is 540 g/mol. The van der Waals surface area contributed by atoms with Gasteiger partial charge in [0.1, 0.15) is 17.5 Å². The molecule has 0 aliphatic heterocycles. The molecule has 0 atom stereocenters. The highest BCUT2D eigenvalue weighted by molar-refractivity contribution is 5.89. The van der Waals surface area contributed by atoms with Crippen LogP contribution in [0.5, 0.6) is 5.75 Å². The van der Waals surface area contributed by atoms with Gasteiger partial charge in [0.25, 0.3) is 0 Å². The van der Waals surface area contributed by atoms with Crippen LogP contribution in [-0.4, -0.2) is 12.8 Å². The number of hydrogen-bond donors (Lipinski definition) is 0. The standard InChI is InChI=1S/C31H26F8O/c1-2-3-4-5-6-7-18-8-10-22(24(32)12-18)21-14-25(33)28(26(34)15-21)19-9-11-23-20(13-19)16-27(35)30(29(23)36)40-17-31(37,38)39/h8-16H,2-7,17H2,1H3. The van der Waals surface area contributed by atoms with Crippen LogP contribution in [-0.2, 0) is 6.42 Å². The van der Waals surface area contributed by atoms with Crippen molar-refractivity contribution in [3.05, 3.63) is 89.2 Å². The first kappa shape index (κ1) is 29.4. The molecule has 0 amide bonds. The van der Waals surface area contributed by atoms with Crippen LogP contribution < -0.4 is 4.74 Å². The van der Waals surface area contributed by atoms with E-state index >= 15 is 8.78 Å². The largest absolute Gasteiger partial charge is 0.478 e. The zero-order valence-corrected chi connectivity index (χ0v) is 21.6. The minimum absolute atomic E-state index is 0.0184. The molecule has 40 heavy (non-hydrogen) atoms. The van der Waals surface area contributed by atoms with E-state index in [0.717, 1.165) is 74.1 Å². The first-order valence-electron chi connectivity index (χ1n) is 12.9. The first-order chi connectivity index (χ1) is 19.0. The Kier molecular flexibility index (Phi) is 9.01. The number of benzene rings is 4. The molecule has 212 valence electrons. The molecule has 0 bridgehead atoms. The lowest BCUT2D eigenvalue weighted by Crippen LogP contribution is -2.20. The van der Waals surface area contributed by atoms with Crippen molar-refractivity contribution >= 4 is 10.8 Å². The number of fused-ring (bicyclic) bond motifs is 1. The second-order valence-electron chi connectivity index (χ2n) is 9.63. The molecule has 0 heterocycles. The maximum absolute atomic E-state index is 15.2. The number of ether oxygens (including phenoxy) is 1. The summed E-state index contributed by atoms with van der Waals surface area (Å²) < 4.78 is 116. The van der Waals surface area contributed by atoms with Gasteiger partial charge in [-0.15, -0.1) is 0 Å². The van der Waals surface area contributed by atoms with Crippen LogP contribution in [0.4, 0.5) is 35.1 Å². The molecule has 0 saturated heterocycles. The maximum Gasteiger partial charge on any atom is 0.422 e. The third kappa shape index (κ3) is 6.74. The molecule has 0 N–H and O–H groups in total. The molecule has 4 aromatic rings. The zero-order chi connectivity index (χ0) is 29.0. The lowest BCUT2D eigenvalue weighted by Gasteiger charge is -2.14. The van der Waals surface area contributed by atoms with E-state index in [4.69, 9.17) is 0 Å². The quantitative estimate of drug-likeness (QED) is 0.137. The number of aryl methyl sites for hydroxylation is 1. The summed E-state index contributed by atoms with van der Waals surface area (Å²) in [6.45, 7) is 0.227. The molecule has 4 aromatic carbocycles. The molecule has 9 heteroatoms. The summed E-state index contributed by atoms with van der Waals surface area (Å²) in [5, 5.41) is -0.446. The summed E-state index contributed by atoms with van der Waals surface area (Å²) in [5.41, 5.74) is 0.213. The number of hydrogen-bond acceptors (Lipinski definition) is 1. The van der Waals surface area contributed by atoms with Gasteiger partial charge in [-0.05, 0) is 65.3 Å². The monoisotopic (exact) mass is 566 g/mol. The van der Waals surface area contributed by atoms with E-state index < -0.39 is 53.2 Å². The average Bonchev–Trinajstić information content (AvgIpc) is 2.87. The van der Waals surface area contributed by atoms with Crippen molar-refractivity contribution < 1.29 is 39.9 Å². The van der Waals surface area contributed by atoms with Gasteiger partial charge in [0.05, 0.1) is 5.56 Å². The highest BCUT2D eigenvalue weighted by Gasteiger charge is 2.30. The van der Waals surface area contributed by atoms with E-state index in [0.29, 0.717) is 6.42 Å². The fourth-order valence-electron chi connectivity index (χ4n) is 4.64. The Hall–Kier alpha value is -3.62. The molecule has 0 radical (unpaired) electrons. The fraction of sp³-hybridized carbons (Fsp3) is 0.290. The van der Waals surface area contributed by atoms with Gasteiger partial charge in [-0.2, -0.15) is 13.2 Å². The van der Waals surface area contributed by atoms with Crippen molar-refractivity contribution in [3.63, 3.8) is 0 Å². The molecule has 0 saturated carbocycles. The van der Waals surface area contributed by atoms with Gasteiger partial charge >= 0.3 is 6.18 Å². The predicted octanol–water partition coefficient (Wildman–Crippen LogP) is 10.3. The van der Waals surface area contributed by atoms with Gasteiger partial charge in [0, 0.05) is 10.9 Å². The van der Waals surface area contributed by atoms with Crippen molar-refractivity contribution in [3.8, 4) is 28.0 Å². The van der Waals surface area contributed by atoms with E-state index in [-0.39, 0.29) is 27.5 Å². The third-order valence-corrected chi connectivity index (χ3v) is 6.61. The topological polar surface area (TPSA) is 9.23 Å². The van der Waals surface area contributed by atoms with Crippen molar-refractivity contribution in [2.24, 2.45) is 0 Å². The first-order valence-corrected chi connectivity index (χ1v) is 12.9. The molecule has 4 rings (SSSR count). The second kappa shape index (κ2) is 12.3. The lowest BCUT2D eigenvalue weighted by molar-refractivity contribution is -0.154. The van der Waals surface area contributed by atoms with Crippen molar-refractivity contribution in [2.45, 2.75) is 51.6 Å². The molecule has 0 aliphatic carbocycles. The van der Waals surface area contributed by atoms with Crippen LogP contribution in [0.2, 0.25) is 0 Å². The lowest BCUT2D eigenvalue weighted by atomic mass is 9.95. The SMILES string of the molecule is CCCCCCCc1ccc(-c2cc(F)c(-c3ccc4c(F)c(OCC(F)(F)F)c(F)cc4c3)c(F)c2)c(F)c1. The molecule has 0 aromatic heterocycles. The molecule has 0 aliphatic rings. The van der Waals surface area contributed by atoms with E-state index in [1.165, 1.54) is 12.1 Å². The number of rotatable bonds is 10. The maximum atomic E-state index is 15.2. The molecule has 1 nitrogen and oxygen atoms in total. The minimum atomic E-state index is -4.81. The fourth-order valence-corrected chi connectivity index (χ4v) is 4.64. The molecular formula is C31H26F8O. The number of unbranched alkanes of at least 4 members (excludes halogenated alkanes) is 4. The summed E-state index contributed by atoms with van der Waals surface area (Å²) in [5.74, 6) is -6.65. The van der Waals surface area contributed by atoms with E-state index in [2.05, 4.69) is 11.7 Å². The van der Waals surface area contributed by atoms with E-state index in [9.17, 15) is 26.3 Å². The summed E-state index contributed by atoms with van der Waals surface area (Å²) in [7, 11) is 0. The Morgan fingerprint density at radius 3 is 2.02 bits per heavy atom. The number of alkyl halides is 3. The third-order valence-electron chi connectivity index (χ3n) is 6.61. The molecule has 0 spiro atoms. The van der Waals surface area contributed by atoms with E-state index in [1.807, 2.05) is 0 Å². The summed E-state index contributed by atoms with van der Waals surface area (Å²) >= 11 is 0. The highest BCUT2D eigenvalue weighted by atomic mass is 19.4. The predicted molar refractivity (Wildman–Crippen MR) is 139 cm³/mol. The summed E-state index contributed by atoms with van der Waals surface area (Å²) in [4.78, 5) is 0. The Labute approximate surface area is 226 Å². The summed E-state index contributed by atoms with van der Waals surface area (Å²) in [6.07, 6.45) is 1.22. The van der Waals surface area contributed by atoms with Gasteiger partial charge in [-0.25, -0.2) is 22.0 Å². The van der Waals surface area contributed by atoms with Crippen LogP contribution in [0, 0.1) is 29.1 Å². The number of halogens is 8. The van der Waals surface area contributed by atoms with Gasteiger partial charge in [-0.1, -0.05) is 56.9 Å². The Morgan fingerprint density at radius 1 is 0.675 bits per heavy atom. The van der Waals surface area contributed by atoms with Gasteiger partial charge in [0.15, 0.2) is 24.0 Å². The van der Waals surface area contributed by atoms with Crippen molar-refractivity contribution in [1.82, 2.24) is 0 Å². The Bertz CT molecular complexity index is 1490.